The summed E-state index contributed by atoms with van der Waals surface area (Å²) >= 11 is 0. The van der Waals surface area contributed by atoms with Crippen molar-refractivity contribution in [1.82, 2.24) is 16.2 Å². The second-order valence-electron chi connectivity index (χ2n) is 8.84. The Balaban J connectivity index is 1.42. The molecular weight excluding hydrogens is 345 g/mol. The Morgan fingerprint density at radius 3 is 2.78 bits per heavy atom. The van der Waals surface area contributed by atoms with Crippen molar-refractivity contribution in [3.8, 4) is 5.75 Å². The number of nitrogens with one attached hydrogen (secondary N) is 3. The number of rotatable bonds is 6. The molecule has 1 aromatic carbocycles. The number of carbonyl (C=O) groups excluding carboxylic acids is 1. The van der Waals surface area contributed by atoms with E-state index in [0.29, 0.717) is 37.5 Å². The molecule has 1 aliphatic heterocycles. The fourth-order valence-corrected chi connectivity index (χ4v) is 4.24. The van der Waals surface area contributed by atoms with E-state index in [-0.39, 0.29) is 28.9 Å². The fourth-order valence-electron chi connectivity index (χ4n) is 4.24. The molecule has 1 aliphatic carbocycles. The highest BCUT2D eigenvalue weighted by atomic mass is 19.1. The van der Waals surface area contributed by atoms with Crippen LogP contribution in [0.4, 0.5) is 4.39 Å². The van der Waals surface area contributed by atoms with Crippen LogP contribution >= 0.6 is 0 Å². The Morgan fingerprint density at radius 2 is 2.04 bits per heavy atom. The molecule has 4 atom stereocenters. The van der Waals surface area contributed by atoms with E-state index in [9.17, 15) is 9.18 Å². The molecule has 1 saturated carbocycles. The number of ether oxygens (including phenoxy) is 1. The van der Waals surface area contributed by atoms with Gasteiger partial charge in [-0.3, -0.25) is 10.2 Å². The number of hydrogen-bond acceptors (Lipinski definition) is 4. The van der Waals surface area contributed by atoms with E-state index in [4.69, 9.17) is 4.74 Å². The van der Waals surface area contributed by atoms with Crippen LogP contribution in [0.1, 0.15) is 46.5 Å². The van der Waals surface area contributed by atoms with Crippen molar-refractivity contribution in [3.05, 3.63) is 30.1 Å². The van der Waals surface area contributed by atoms with Crippen molar-refractivity contribution in [2.75, 3.05) is 13.2 Å². The largest absolute Gasteiger partial charge is 0.490 e. The third-order valence-electron chi connectivity index (χ3n) is 5.97. The second-order valence-corrected chi connectivity index (χ2v) is 8.84. The average Bonchev–Trinajstić information content (AvgIpc) is 3.05. The predicted octanol–water partition coefficient (Wildman–Crippen LogP) is 3.02. The third kappa shape index (κ3) is 4.99. The second kappa shape index (κ2) is 8.57. The number of hydrazine groups is 1. The van der Waals surface area contributed by atoms with Crippen LogP contribution in [-0.2, 0) is 4.79 Å². The first-order chi connectivity index (χ1) is 12.9. The molecule has 4 unspecified atom stereocenters. The number of hydrogen-bond donors (Lipinski definition) is 3. The summed E-state index contributed by atoms with van der Waals surface area (Å²) < 4.78 is 18.9. The van der Waals surface area contributed by atoms with Gasteiger partial charge < -0.3 is 10.1 Å². The highest BCUT2D eigenvalue weighted by Crippen LogP contribution is 2.42. The van der Waals surface area contributed by atoms with Crippen molar-refractivity contribution in [1.29, 1.82) is 0 Å². The summed E-state index contributed by atoms with van der Waals surface area (Å²) in [4.78, 5) is 12.6. The zero-order valence-electron chi connectivity index (χ0n) is 16.6. The van der Waals surface area contributed by atoms with Gasteiger partial charge in [0.15, 0.2) is 11.6 Å². The molecule has 2 fully saturated rings. The summed E-state index contributed by atoms with van der Waals surface area (Å²) in [6, 6.07) is 6.55. The van der Waals surface area contributed by atoms with Crippen LogP contribution in [0.2, 0.25) is 0 Å². The minimum atomic E-state index is -0.362. The van der Waals surface area contributed by atoms with Crippen LogP contribution in [0.5, 0.6) is 5.75 Å². The van der Waals surface area contributed by atoms with Crippen LogP contribution in [0.25, 0.3) is 0 Å². The van der Waals surface area contributed by atoms with Gasteiger partial charge in [-0.2, -0.15) is 0 Å². The summed E-state index contributed by atoms with van der Waals surface area (Å²) in [5.74, 6) is 0.904. The Kier molecular flexibility index (Phi) is 6.37. The van der Waals surface area contributed by atoms with Crippen LogP contribution in [-0.4, -0.2) is 31.1 Å². The van der Waals surface area contributed by atoms with Crippen molar-refractivity contribution in [2.24, 2.45) is 17.3 Å². The molecule has 2 aliphatic rings. The van der Waals surface area contributed by atoms with E-state index in [1.807, 2.05) is 0 Å². The SMILES string of the molecule is CC(C)(C)C1CCC2NNC(C(=O)NCCCOc3ccccc3F)C2C1. The summed E-state index contributed by atoms with van der Waals surface area (Å²) in [7, 11) is 0. The number of amides is 1. The maximum atomic E-state index is 13.5. The van der Waals surface area contributed by atoms with Gasteiger partial charge >= 0.3 is 0 Å². The normalized spacial score (nSPS) is 27.9. The molecule has 3 rings (SSSR count). The molecule has 0 radical (unpaired) electrons. The highest BCUT2D eigenvalue weighted by Gasteiger charge is 2.45. The molecule has 0 spiro atoms. The van der Waals surface area contributed by atoms with E-state index in [1.54, 1.807) is 18.2 Å². The molecule has 0 bridgehead atoms. The van der Waals surface area contributed by atoms with Crippen LogP contribution in [0.15, 0.2) is 24.3 Å². The van der Waals surface area contributed by atoms with E-state index in [0.717, 1.165) is 12.8 Å². The highest BCUT2D eigenvalue weighted by molar-refractivity contribution is 5.82. The Bertz CT molecular complexity index is 647. The number of para-hydroxylation sites is 1. The standard InChI is InChI=1S/C21H32FN3O2/c1-21(2,3)14-9-10-17-15(13-14)19(25-24-17)20(26)23-11-6-12-27-18-8-5-4-7-16(18)22/h4-5,7-8,14-15,17,19,24-25H,6,9-13H2,1-3H3,(H,23,26). The number of fused-ring (bicyclic) bond motifs is 1. The molecular formula is C21H32FN3O2. The monoisotopic (exact) mass is 377 g/mol. The maximum Gasteiger partial charge on any atom is 0.238 e. The number of halogens is 1. The molecule has 1 amide bonds. The van der Waals surface area contributed by atoms with Crippen molar-refractivity contribution < 1.29 is 13.9 Å². The van der Waals surface area contributed by atoms with E-state index in [2.05, 4.69) is 36.9 Å². The van der Waals surface area contributed by atoms with Gasteiger partial charge in [0.1, 0.15) is 6.04 Å². The molecule has 1 saturated heterocycles. The summed E-state index contributed by atoms with van der Waals surface area (Å²) in [5.41, 5.74) is 6.79. The molecule has 0 aromatic heterocycles. The van der Waals surface area contributed by atoms with Crippen molar-refractivity contribution >= 4 is 5.91 Å². The molecule has 1 aromatic rings. The summed E-state index contributed by atoms with van der Waals surface area (Å²) in [5, 5.41) is 3.00. The van der Waals surface area contributed by atoms with Gasteiger partial charge in [-0.05, 0) is 49.1 Å². The molecule has 1 heterocycles. The zero-order valence-corrected chi connectivity index (χ0v) is 16.6. The fraction of sp³-hybridized carbons (Fsp3) is 0.667. The molecule has 3 N–H and O–H groups in total. The number of carbonyl (C=O) groups is 1. The lowest BCUT2D eigenvalue weighted by Gasteiger charge is -2.39. The van der Waals surface area contributed by atoms with Gasteiger partial charge in [-0.15, -0.1) is 0 Å². The molecule has 150 valence electrons. The Morgan fingerprint density at radius 1 is 1.26 bits per heavy atom. The van der Waals surface area contributed by atoms with Crippen molar-refractivity contribution in [2.45, 2.75) is 58.5 Å². The number of benzene rings is 1. The lowest BCUT2D eigenvalue weighted by Crippen LogP contribution is -2.47. The first-order valence-corrected chi connectivity index (χ1v) is 10.0. The third-order valence-corrected chi connectivity index (χ3v) is 5.97. The summed E-state index contributed by atoms with van der Waals surface area (Å²) in [6.45, 7) is 7.76. The van der Waals surface area contributed by atoms with Gasteiger partial charge in [-0.25, -0.2) is 9.82 Å². The molecule has 6 heteroatoms. The minimum Gasteiger partial charge on any atom is -0.490 e. The first-order valence-electron chi connectivity index (χ1n) is 10.0. The smallest absolute Gasteiger partial charge is 0.238 e. The molecule has 27 heavy (non-hydrogen) atoms. The van der Waals surface area contributed by atoms with Gasteiger partial charge in [0, 0.05) is 18.5 Å². The topological polar surface area (TPSA) is 62.4 Å². The van der Waals surface area contributed by atoms with Gasteiger partial charge in [0.2, 0.25) is 5.91 Å². The van der Waals surface area contributed by atoms with Gasteiger partial charge in [0.05, 0.1) is 6.61 Å². The minimum absolute atomic E-state index is 0.0375. The van der Waals surface area contributed by atoms with E-state index < -0.39 is 0 Å². The quantitative estimate of drug-likeness (QED) is 0.667. The van der Waals surface area contributed by atoms with Gasteiger partial charge in [-0.1, -0.05) is 32.9 Å². The lowest BCUT2D eigenvalue weighted by molar-refractivity contribution is -0.124. The van der Waals surface area contributed by atoms with Crippen LogP contribution in [0, 0.1) is 23.1 Å². The zero-order chi connectivity index (χ0) is 19.4. The van der Waals surface area contributed by atoms with E-state index >= 15 is 0 Å². The Labute approximate surface area is 161 Å². The average molecular weight is 378 g/mol. The van der Waals surface area contributed by atoms with Gasteiger partial charge in [0.25, 0.3) is 0 Å². The van der Waals surface area contributed by atoms with Crippen LogP contribution < -0.4 is 20.9 Å². The Hall–Kier alpha value is -1.66. The van der Waals surface area contributed by atoms with Crippen molar-refractivity contribution in [3.63, 3.8) is 0 Å². The van der Waals surface area contributed by atoms with E-state index in [1.165, 1.54) is 12.5 Å². The lowest BCUT2D eigenvalue weighted by atomic mass is 9.66. The molecule has 5 nitrogen and oxygen atoms in total. The predicted molar refractivity (Wildman–Crippen MR) is 104 cm³/mol. The first kappa shape index (κ1) is 20.1. The van der Waals surface area contributed by atoms with Crippen LogP contribution in [0.3, 0.4) is 0 Å². The maximum absolute atomic E-state index is 13.5. The summed E-state index contributed by atoms with van der Waals surface area (Å²) in [6.07, 6.45) is 4.03.